The average molecular weight is 997 g/mol. The zero-order valence-electron chi connectivity index (χ0n) is 42.9. The van der Waals surface area contributed by atoms with E-state index in [0.29, 0.717) is 37.1 Å². The average Bonchev–Trinajstić information content (AvgIpc) is 4.15. The van der Waals surface area contributed by atoms with E-state index in [-0.39, 0.29) is 60.2 Å². The maximum atomic E-state index is 13.7. The van der Waals surface area contributed by atoms with Crippen LogP contribution >= 0.6 is 0 Å². The molecule has 4 rings (SSSR count). The van der Waals surface area contributed by atoms with Gasteiger partial charge in [-0.25, -0.2) is 19.7 Å². The van der Waals surface area contributed by atoms with Gasteiger partial charge in [0, 0.05) is 72.8 Å². The van der Waals surface area contributed by atoms with Crippen molar-refractivity contribution in [3.8, 4) is 23.2 Å². The standard InChI is InChI=1S/C51H72N4O16/c1-29(19-20-42(71-51(61)34(6)62-9)33(5)47(69-35(7)57)30(2)21-22-55(8)28-56)43(64-11)24-44-32(4)41(63-10)17-14-18-45-52-38(26-66-45)49-54-39(27-68-49)50-53-37(25-67-50)48(65-12)31(3)40(59)16-13-15-36(58)23-46(60)70-44/h13-14,16,18,21-22,25-34,36,41-44,47-48,58H,15,17,19-20,23-24H2,1-12H3/b16-13+,18-14+,22-21+. The highest BCUT2D eigenvalue weighted by Gasteiger charge is 2.37. The zero-order valence-corrected chi connectivity index (χ0v) is 42.9. The molecule has 392 valence electrons. The maximum Gasteiger partial charge on any atom is 0.335 e. The minimum absolute atomic E-state index is 0.0177. The molecular formula is C51H72N4O16. The van der Waals surface area contributed by atoms with Gasteiger partial charge in [-0.1, -0.05) is 52.8 Å². The molecule has 13 unspecified atom stereocenters. The summed E-state index contributed by atoms with van der Waals surface area (Å²) < 4.78 is 58.1. The molecule has 13 atom stereocenters. The number of hydrogen-bond acceptors (Lipinski definition) is 19. The number of ether oxygens (including phenoxy) is 7. The van der Waals surface area contributed by atoms with Gasteiger partial charge in [0.05, 0.1) is 30.7 Å². The van der Waals surface area contributed by atoms with E-state index < -0.39 is 84.5 Å². The van der Waals surface area contributed by atoms with E-state index in [1.165, 1.54) is 57.0 Å². The number of methoxy groups -OCH3 is 4. The van der Waals surface area contributed by atoms with E-state index in [4.69, 9.17) is 46.4 Å². The van der Waals surface area contributed by atoms with Crippen molar-refractivity contribution in [2.75, 3.05) is 35.5 Å². The first-order valence-electron chi connectivity index (χ1n) is 23.8. The van der Waals surface area contributed by atoms with Gasteiger partial charge in [-0.2, -0.15) is 0 Å². The number of ketones is 1. The molecule has 20 nitrogen and oxygen atoms in total. The van der Waals surface area contributed by atoms with Crippen LogP contribution in [0.3, 0.4) is 0 Å². The third-order valence-corrected chi connectivity index (χ3v) is 12.9. The van der Waals surface area contributed by atoms with Crippen molar-refractivity contribution in [1.29, 1.82) is 0 Å². The molecule has 0 aromatic carbocycles. The summed E-state index contributed by atoms with van der Waals surface area (Å²) in [5.74, 6) is -3.77. The Kier molecular flexibility index (Phi) is 23.0. The number of aliphatic hydroxyl groups is 1. The summed E-state index contributed by atoms with van der Waals surface area (Å²) in [6, 6.07) is 0. The first-order valence-corrected chi connectivity index (χ1v) is 23.8. The normalized spacial score (nSPS) is 24.5. The third kappa shape index (κ3) is 16.9. The number of allylic oxidation sites excluding steroid dienone is 1. The molecule has 0 saturated carbocycles. The number of hydrogen-bond donors (Lipinski definition) is 1. The fraction of sp³-hybridized carbons (Fsp3) is 0.608. The monoisotopic (exact) mass is 996 g/mol. The number of oxazole rings is 3. The largest absolute Gasteiger partial charge is 0.462 e. The molecular weight excluding hydrogens is 925 g/mol. The van der Waals surface area contributed by atoms with Crippen molar-refractivity contribution in [3.05, 3.63) is 60.9 Å². The van der Waals surface area contributed by atoms with Crippen LogP contribution in [-0.2, 0) is 57.1 Å². The number of rotatable bonds is 19. The molecule has 3 aromatic rings. The first-order chi connectivity index (χ1) is 33.8. The molecule has 0 fully saturated rings. The second-order valence-corrected chi connectivity index (χ2v) is 18.2. The Hall–Kier alpha value is -5.80. The Bertz CT molecular complexity index is 2250. The maximum absolute atomic E-state index is 13.7. The second kappa shape index (κ2) is 28.3. The van der Waals surface area contributed by atoms with Gasteiger partial charge < -0.3 is 56.4 Å². The Morgan fingerprint density at radius 3 is 2.20 bits per heavy atom. The smallest absolute Gasteiger partial charge is 0.335 e. The molecule has 0 spiro atoms. The lowest BCUT2D eigenvalue weighted by Crippen LogP contribution is -2.41. The predicted octanol–water partition coefficient (Wildman–Crippen LogP) is 7.13. The molecule has 1 aliphatic heterocycles. The van der Waals surface area contributed by atoms with E-state index in [9.17, 15) is 29.1 Å². The van der Waals surface area contributed by atoms with Crippen LogP contribution in [0.2, 0.25) is 0 Å². The molecule has 4 heterocycles. The lowest BCUT2D eigenvalue weighted by atomic mass is 9.83. The van der Waals surface area contributed by atoms with E-state index in [1.807, 2.05) is 33.8 Å². The van der Waals surface area contributed by atoms with Gasteiger partial charge in [0.2, 0.25) is 24.1 Å². The van der Waals surface area contributed by atoms with Crippen LogP contribution in [0.25, 0.3) is 29.2 Å². The summed E-state index contributed by atoms with van der Waals surface area (Å²) in [4.78, 5) is 78.7. The molecule has 0 radical (unpaired) electrons. The van der Waals surface area contributed by atoms with E-state index in [1.54, 1.807) is 53.5 Å². The predicted molar refractivity (Wildman–Crippen MR) is 256 cm³/mol. The Morgan fingerprint density at radius 1 is 0.859 bits per heavy atom. The topological polar surface area (TPSA) is 252 Å². The number of nitrogens with zero attached hydrogens (tertiary/aromatic N) is 4. The minimum Gasteiger partial charge on any atom is -0.462 e. The van der Waals surface area contributed by atoms with Gasteiger partial charge in [-0.15, -0.1) is 0 Å². The summed E-state index contributed by atoms with van der Waals surface area (Å²) in [6.45, 7) is 12.1. The van der Waals surface area contributed by atoms with Gasteiger partial charge >= 0.3 is 17.9 Å². The molecule has 1 aliphatic rings. The van der Waals surface area contributed by atoms with Gasteiger partial charge in [0.25, 0.3) is 0 Å². The van der Waals surface area contributed by atoms with Crippen LogP contribution < -0.4 is 0 Å². The van der Waals surface area contributed by atoms with Crippen LogP contribution in [0.15, 0.2) is 62.5 Å². The van der Waals surface area contributed by atoms with Crippen LogP contribution in [0.5, 0.6) is 0 Å². The molecule has 1 N–H and O–H groups in total. The fourth-order valence-corrected chi connectivity index (χ4v) is 8.33. The first kappa shape index (κ1) is 57.8. The second-order valence-electron chi connectivity index (χ2n) is 18.2. The van der Waals surface area contributed by atoms with Crippen molar-refractivity contribution >= 4 is 36.2 Å². The SMILES string of the molecule is COC(C)C(=O)OC(CCC(C)C(CC1OC(=O)CC(O)C/C=C/C(=O)C(C)C(OC)c2coc(n2)-c2coc(n2)-c2coc(n2)/C=C/CC(OC)C1C)OC)C(C)C(OC(C)=O)C(C)/C=C/N(C)C=O. The van der Waals surface area contributed by atoms with Crippen LogP contribution in [0.4, 0.5) is 0 Å². The Morgan fingerprint density at radius 2 is 1.54 bits per heavy atom. The van der Waals surface area contributed by atoms with Gasteiger partial charge in [-0.3, -0.25) is 19.2 Å². The molecule has 6 bridgehead atoms. The summed E-state index contributed by atoms with van der Waals surface area (Å²) in [7, 11) is 7.56. The lowest BCUT2D eigenvalue weighted by molar-refractivity contribution is -0.170. The lowest BCUT2D eigenvalue weighted by Gasteiger charge is -2.35. The number of esters is 3. The van der Waals surface area contributed by atoms with Gasteiger partial charge in [0.1, 0.15) is 48.9 Å². The number of fused-ring (bicyclic) bond motifs is 8. The van der Waals surface area contributed by atoms with Crippen LogP contribution in [-0.4, -0.2) is 133 Å². The molecule has 71 heavy (non-hydrogen) atoms. The number of carbonyl (C=O) groups is 5. The van der Waals surface area contributed by atoms with Crippen molar-refractivity contribution in [1.82, 2.24) is 19.9 Å². The summed E-state index contributed by atoms with van der Waals surface area (Å²) in [6.07, 6.45) is 9.31. The Labute approximate surface area is 415 Å². The van der Waals surface area contributed by atoms with E-state index in [2.05, 4.69) is 15.0 Å². The summed E-state index contributed by atoms with van der Waals surface area (Å²) >= 11 is 0. The van der Waals surface area contributed by atoms with Gasteiger partial charge in [0.15, 0.2) is 23.3 Å². The van der Waals surface area contributed by atoms with Crippen LogP contribution in [0, 0.1) is 29.6 Å². The summed E-state index contributed by atoms with van der Waals surface area (Å²) in [5.41, 5.74) is 0.960. The number of carbonyl (C=O) groups excluding carboxylic acids is 5. The highest BCUT2D eigenvalue weighted by Crippen LogP contribution is 2.33. The number of aliphatic hydroxyl groups excluding tert-OH is 1. The molecule has 0 saturated heterocycles. The highest BCUT2D eigenvalue weighted by molar-refractivity contribution is 5.92. The third-order valence-electron chi connectivity index (χ3n) is 12.9. The Balaban J connectivity index is 1.61. The number of cyclic esters (lactones) is 1. The van der Waals surface area contributed by atoms with Crippen molar-refractivity contribution < 1.29 is 75.5 Å². The quantitative estimate of drug-likeness (QED) is 0.0712. The minimum atomic E-state index is -1.18. The van der Waals surface area contributed by atoms with E-state index in [0.717, 1.165) is 0 Å². The molecule has 20 heteroatoms. The van der Waals surface area contributed by atoms with E-state index >= 15 is 0 Å². The molecule has 0 aliphatic carbocycles. The zero-order chi connectivity index (χ0) is 52.4. The van der Waals surface area contributed by atoms with Crippen molar-refractivity contribution in [2.24, 2.45) is 29.6 Å². The fourth-order valence-electron chi connectivity index (χ4n) is 8.33. The summed E-state index contributed by atoms with van der Waals surface area (Å²) in [5, 5.41) is 11.0. The molecule has 3 aromatic heterocycles. The highest BCUT2D eigenvalue weighted by atomic mass is 16.6. The van der Waals surface area contributed by atoms with Gasteiger partial charge in [-0.05, 0) is 50.7 Å². The van der Waals surface area contributed by atoms with Crippen molar-refractivity contribution in [2.45, 2.75) is 136 Å². The molecule has 1 amide bonds. The number of aromatic nitrogens is 3. The number of amides is 1. The van der Waals surface area contributed by atoms with Crippen LogP contribution in [0.1, 0.15) is 105 Å². The van der Waals surface area contributed by atoms with Crippen molar-refractivity contribution in [3.63, 3.8) is 0 Å².